The minimum absolute atomic E-state index is 0.188. The van der Waals surface area contributed by atoms with Gasteiger partial charge in [0.25, 0.3) is 0 Å². The number of carbonyl (C=O) groups excluding carboxylic acids is 1. The van der Waals surface area contributed by atoms with Gasteiger partial charge in [-0.25, -0.2) is 9.80 Å². The fraction of sp³-hybridized carbons (Fsp3) is 0.357. The van der Waals surface area contributed by atoms with Crippen LogP contribution in [0.5, 0.6) is 0 Å². The maximum atomic E-state index is 12.5. The van der Waals surface area contributed by atoms with Gasteiger partial charge in [-0.15, -0.1) is 0 Å². The summed E-state index contributed by atoms with van der Waals surface area (Å²) in [6.45, 7) is 6.08. The van der Waals surface area contributed by atoms with Crippen molar-refractivity contribution in [3.05, 3.63) is 90.1 Å². The molecule has 0 aliphatic carbocycles. The molecular weight excluding hydrogens is 440 g/mol. The van der Waals surface area contributed by atoms with Crippen molar-refractivity contribution >= 4 is 6.09 Å². The lowest BCUT2D eigenvalue weighted by molar-refractivity contribution is 0.0153. The van der Waals surface area contributed by atoms with Gasteiger partial charge in [-0.05, 0) is 57.5 Å². The monoisotopic (exact) mass is 476 g/mol. The molecule has 0 aliphatic heterocycles. The number of amides is 1. The molecule has 7 nitrogen and oxygen atoms in total. The molecule has 2 aromatic carbocycles. The second-order valence-electron chi connectivity index (χ2n) is 9.56. The Morgan fingerprint density at radius 3 is 2.29 bits per heavy atom. The first-order valence-electron chi connectivity index (χ1n) is 11.9. The predicted octanol–water partition coefficient (Wildman–Crippen LogP) is 4.18. The van der Waals surface area contributed by atoms with Crippen molar-refractivity contribution in [3.8, 4) is 11.3 Å². The second kappa shape index (κ2) is 12.4. The smallest absolute Gasteiger partial charge is 0.422 e. The number of ether oxygens (including phenoxy) is 1. The molecule has 2 atom stereocenters. The van der Waals surface area contributed by atoms with E-state index in [-0.39, 0.29) is 12.6 Å². The van der Waals surface area contributed by atoms with Gasteiger partial charge >= 0.3 is 6.09 Å². The largest absolute Gasteiger partial charge is 0.443 e. The van der Waals surface area contributed by atoms with E-state index in [9.17, 15) is 9.90 Å². The van der Waals surface area contributed by atoms with Crippen LogP contribution in [0.25, 0.3) is 11.3 Å². The third kappa shape index (κ3) is 8.79. The Labute approximate surface area is 208 Å². The number of likely N-dealkylation sites (N-methyl/N-ethyl adjacent to an activating group) is 1. The zero-order valence-electron chi connectivity index (χ0n) is 20.9. The second-order valence-corrected chi connectivity index (χ2v) is 9.56. The van der Waals surface area contributed by atoms with Crippen LogP contribution in [0.4, 0.5) is 4.79 Å². The Bertz CT molecular complexity index is 1040. The number of hydrogen-bond donors (Lipinski definition) is 3. The molecule has 3 aromatic rings. The highest BCUT2D eigenvalue weighted by Crippen LogP contribution is 2.18. The number of hydrogen-bond acceptors (Lipinski definition) is 6. The fourth-order valence-corrected chi connectivity index (χ4v) is 3.77. The topological polar surface area (TPSA) is 86.7 Å². The molecule has 1 amide bonds. The lowest BCUT2D eigenvalue weighted by Gasteiger charge is -2.30. The molecule has 0 fully saturated rings. The van der Waals surface area contributed by atoms with E-state index in [1.807, 2.05) is 101 Å². The highest BCUT2D eigenvalue weighted by atomic mass is 16.6. The quantitative estimate of drug-likeness (QED) is 0.381. The molecule has 0 spiro atoms. The Hall–Kier alpha value is -3.26. The van der Waals surface area contributed by atoms with E-state index in [4.69, 9.17) is 4.74 Å². The Kier molecular flexibility index (Phi) is 9.37. The van der Waals surface area contributed by atoms with Gasteiger partial charge in [0.05, 0.1) is 11.8 Å². The molecule has 186 valence electrons. The summed E-state index contributed by atoms with van der Waals surface area (Å²) < 4.78 is 5.45. The normalized spacial score (nSPS) is 13.3. The van der Waals surface area contributed by atoms with E-state index in [1.165, 1.54) is 0 Å². The number of aromatic nitrogens is 1. The lowest BCUT2D eigenvalue weighted by Crippen LogP contribution is -2.52. The summed E-state index contributed by atoms with van der Waals surface area (Å²) in [5.41, 5.74) is 6.21. The van der Waals surface area contributed by atoms with Crippen LogP contribution in [-0.2, 0) is 17.7 Å². The van der Waals surface area contributed by atoms with Crippen LogP contribution in [0.2, 0.25) is 0 Å². The summed E-state index contributed by atoms with van der Waals surface area (Å²) in [6, 6.07) is 23.7. The van der Waals surface area contributed by atoms with Crippen LogP contribution in [0.3, 0.4) is 0 Å². The lowest BCUT2D eigenvalue weighted by atomic mass is 10.0. The van der Waals surface area contributed by atoms with Gasteiger partial charge in [-0.3, -0.25) is 10.4 Å². The molecule has 35 heavy (non-hydrogen) atoms. The van der Waals surface area contributed by atoms with Gasteiger partial charge in [0, 0.05) is 30.9 Å². The molecular formula is C28H36N4O3. The van der Waals surface area contributed by atoms with Crippen molar-refractivity contribution in [3.63, 3.8) is 0 Å². The number of benzene rings is 2. The van der Waals surface area contributed by atoms with Crippen LogP contribution in [0.15, 0.2) is 79.0 Å². The van der Waals surface area contributed by atoms with Crippen molar-refractivity contribution in [2.45, 2.75) is 51.5 Å². The van der Waals surface area contributed by atoms with Crippen LogP contribution in [0.1, 0.15) is 31.9 Å². The highest BCUT2D eigenvalue weighted by Gasteiger charge is 2.24. The van der Waals surface area contributed by atoms with Crippen molar-refractivity contribution < 1.29 is 14.6 Å². The molecule has 1 aromatic heterocycles. The molecule has 0 saturated heterocycles. The number of hydrazine groups is 1. The molecule has 0 aliphatic rings. The Balaban J connectivity index is 1.72. The summed E-state index contributed by atoms with van der Waals surface area (Å²) in [7, 11) is 1.83. The molecule has 0 saturated carbocycles. The number of aliphatic hydroxyl groups excluding tert-OH is 1. The van der Waals surface area contributed by atoms with E-state index in [0.29, 0.717) is 13.0 Å². The van der Waals surface area contributed by atoms with Gasteiger partial charge in [-0.2, -0.15) is 0 Å². The Morgan fingerprint density at radius 2 is 1.69 bits per heavy atom. The van der Waals surface area contributed by atoms with E-state index >= 15 is 0 Å². The Morgan fingerprint density at radius 1 is 1.00 bits per heavy atom. The van der Waals surface area contributed by atoms with Gasteiger partial charge in [0.15, 0.2) is 0 Å². The van der Waals surface area contributed by atoms with Crippen molar-refractivity contribution in [2.24, 2.45) is 0 Å². The van der Waals surface area contributed by atoms with Gasteiger partial charge in [0.1, 0.15) is 5.60 Å². The van der Waals surface area contributed by atoms with E-state index < -0.39 is 17.8 Å². The van der Waals surface area contributed by atoms with Crippen molar-refractivity contribution in [2.75, 3.05) is 13.6 Å². The summed E-state index contributed by atoms with van der Waals surface area (Å²) in [5, 5.41) is 16.0. The molecule has 1 heterocycles. The van der Waals surface area contributed by atoms with E-state index in [1.54, 1.807) is 11.2 Å². The van der Waals surface area contributed by atoms with Crippen LogP contribution >= 0.6 is 0 Å². The first-order chi connectivity index (χ1) is 16.7. The first-order valence-corrected chi connectivity index (χ1v) is 11.9. The van der Waals surface area contributed by atoms with Crippen molar-refractivity contribution in [1.82, 2.24) is 20.7 Å². The third-order valence-corrected chi connectivity index (χ3v) is 5.48. The molecule has 7 heteroatoms. The molecule has 0 bridgehead atoms. The van der Waals surface area contributed by atoms with Gasteiger partial charge < -0.3 is 15.2 Å². The van der Waals surface area contributed by atoms with E-state index in [2.05, 4.69) is 15.7 Å². The summed E-state index contributed by atoms with van der Waals surface area (Å²) in [5.74, 6) is 0. The molecule has 1 unspecified atom stereocenters. The van der Waals surface area contributed by atoms with E-state index in [0.717, 1.165) is 22.4 Å². The first kappa shape index (κ1) is 26.3. The number of carbonyl (C=O) groups is 1. The standard InChI is InChI=1S/C28H36N4O3/c1-28(2,3)35-27(34)31-32(20-26(33)25(29-4)18-21-10-6-5-7-11-21)19-22-13-15-23(16-14-22)24-12-8-9-17-30-24/h5-17,25-26,29,33H,18-20H2,1-4H3,(H,31,34)/t25?,26-/m0/s1. The number of nitrogens with one attached hydrogen (secondary N) is 2. The zero-order valence-corrected chi connectivity index (χ0v) is 20.9. The number of pyridine rings is 1. The fourth-order valence-electron chi connectivity index (χ4n) is 3.77. The van der Waals surface area contributed by atoms with Gasteiger partial charge in [0.2, 0.25) is 0 Å². The number of nitrogens with zero attached hydrogens (tertiary/aromatic N) is 2. The summed E-state index contributed by atoms with van der Waals surface area (Å²) in [6.07, 6.45) is 1.14. The number of aliphatic hydroxyl groups is 1. The summed E-state index contributed by atoms with van der Waals surface area (Å²) >= 11 is 0. The average molecular weight is 477 g/mol. The zero-order chi connectivity index (χ0) is 25.3. The third-order valence-electron chi connectivity index (χ3n) is 5.48. The maximum Gasteiger partial charge on any atom is 0.422 e. The minimum Gasteiger partial charge on any atom is -0.443 e. The van der Waals surface area contributed by atoms with Gasteiger partial charge in [-0.1, -0.05) is 60.7 Å². The van der Waals surface area contributed by atoms with Crippen molar-refractivity contribution in [1.29, 1.82) is 0 Å². The molecule has 3 rings (SSSR count). The molecule has 3 N–H and O–H groups in total. The minimum atomic E-state index is -0.733. The number of rotatable bonds is 10. The SMILES string of the molecule is CNC(Cc1ccccc1)[C@@H](O)CN(Cc1ccc(-c2ccccn2)cc1)NC(=O)OC(C)(C)C. The van der Waals surface area contributed by atoms with Crippen LogP contribution < -0.4 is 10.7 Å². The average Bonchev–Trinajstić information content (AvgIpc) is 2.83. The molecule has 0 radical (unpaired) electrons. The van der Waals surface area contributed by atoms with Crippen LogP contribution in [0, 0.1) is 0 Å². The summed E-state index contributed by atoms with van der Waals surface area (Å²) in [4.78, 5) is 16.9. The predicted molar refractivity (Wildman–Crippen MR) is 138 cm³/mol. The highest BCUT2D eigenvalue weighted by molar-refractivity contribution is 5.67. The maximum absolute atomic E-state index is 12.5. The van der Waals surface area contributed by atoms with Crippen LogP contribution in [-0.4, -0.2) is 52.5 Å².